The number of hydrogen-bond donors (Lipinski definition) is 1. The Morgan fingerprint density at radius 2 is 1.59 bits per heavy atom. The van der Waals surface area contributed by atoms with E-state index in [2.05, 4.69) is 14.7 Å². The Morgan fingerprint density at radius 3 is 2.24 bits per heavy atom. The fourth-order valence-corrected chi connectivity index (χ4v) is 3.75. The van der Waals surface area contributed by atoms with E-state index in [1.54, 1.807) is 7.11 Å². The predicted octanol–water partition coefficient (Wildman–Crippen LogP) is 3.11. The number of aromatic nitrogens is 2. The van der Waals surface area contributed by atoms with Gasteiger partial charge in [0, 0.05) is 31.1 Å². The molecule has 9 heteroatoms. The number of ether oxygens (including phenoxy) is 3. The molecule has 0 fully saturated rings. The van der Waals surface area contributed by atoms with E-state index < -0.39 is 10.0 Å². The van der Waals surface area contributed by atoms with Gasteiger partial charge >= 0.3 is 0 Å². The molecular formula is C20H21N3O5S. The minimum absolute atomic E-state index is 0.0159. The Labute approximate surface area is 169 Å². The molecule has 29 heavy (non-hydrogen) atoms. The summed E-state index contributed by atoms with van der Waals surface area (Å²) >= 11 is 0. The van der Waals surface area contributed by atoms with Gasteiger partial charge in [-0.05, 0) is 17.7 Å². The van der Waals surface area contributed by atoms with Gasteiger partial charge in [-0.15, -0.1) is 0 Å². The van der Waals surface area contributed by atoms with Gasteiger partial charge in [-0.1, -0.05) is 24.3 Å². The third-order valence-corrected chi connectivity index (χ3v) is 5.47. The van der Waals surface area contributed by atoms with E-state index in [0.29, 0.717) is 23.8 Å². The summed E-state index contributed by atoms with van der Waals surface area (Å²) < 4.78 is 43.8. The first-order chi connectivity index (χ1) is 14.0. The van der Waals surface area contributed by atoms with Crippen molar-refractivity contribution in [2.45, 2.75) is 11.5 Å². The molecule has 0 saturated carbocycles. The topological polar surface area (TPSA) is 99.6 Å². The van der Waals surface area contributed by atoms with Crippen molar-refractivity contribution in [2.75, 3.05) is 26.1 Å². The second-order valence-corrected chi connectivity index (χ2v) is 7.69. The molecule has 2 aromatic carbocycles. The molecular weight excluding hydrogens is 394 g/mol. The Balaban J connectivity index is 1.94. The van der Waals surface area contributed by atoms with Crippen LogP contribution in [0.1, 0.15) is 5.56 Å². The Bertz CT molecular complexity index is 1090. The zero-order valence-corrected chi connectivity index (χ0v) is 17.1. The first kappa shape index (κ1) is 20.6. The van der Waals surface area contributed by atoms with E-state index in [4.69, 9.17) is 14.2 Å². The lowest BCUT2D eigenvalue weighted by Crippen LogP contribution is -2.15. The zero-order chi connectivity index (χ0) is 20.9. The van der Waals surface area contributed by atoms with Crippen LogP contribution in [0.5, 0.6) is 11.5 Å². The van der Waals surface area contributed by atoms with Gasteiger partial charge in [0.2, 0.25) is 0 Å². The van der Waals surface area contributed by atoms with E-state index in [0.717, 1.165) is 11.1 Å². The van der Waals surface area contributed by atoms with Crippen molar-refractivity contribution in [1.29, 1.82) is 0 Å². The van der Waals surface area contributed by atoms with E-state index in [1.807, 2.05) is 24.3 Å². The minimum Gasteiger partial charge on any atom is -0.493 e. The number of methoxy groups -OCH3 is 3. The third-order valence-electron chi connectivity index (χ3n) is 4.13. The first-order valence-corrected chi connectivity index (χ1v) is 10.1. The van der Waals surface area contributed by atoms with Crippen LogP contribution in [0.25, 0.3) is 11.3 Å². The molecule has 0 aliphatic rings. The lowest BCUT2D eigenvalue weighted by Gasteiger charge is -2.13. The summed E-state index contributed by atoms with van der Waals surface area (Å²) in [5, 5.41) is 0. The molecule has 0 bridgehead atoms. The SMILES string of the molecule is COCc1ccc(-c2nccnc2NS(=O)(=O)c2ccc(OC)c(OC)c2)cc1. The van der Waals surface area contributed by atoms with E-state index >= 15 is 0 Å². The van der Waals surface area contributed by atoms with E-state index in [-0.39, 0.29) is 10.7 Å². The lowest BCUT2D eigenvalue weighted by atomic mass is 10.1. The van der Waals surface area contributed by atoms with Crippen LogP contribution in [0.3, 0.4) is 0 Å². The smallest absolute Gasteiger partial charge is 0.263 e. The summed E-state index contributed by atoms with van der Waals surface area (Å²) in [7, 11) is 0.617. The predicted molar refractivity (Wildman–Crippen MR) is 109 cm³/mol. The summed E-state index contributed by atoms with van der Waals surface area (Å²) in [4.78, 5) is 8.48. The molecule has 152 valence electrons. The van der Waals surface area contributed by atoms with E-state index in [9.17, 15) is 8.42 Å². The standard InChI is InChI=1S/C20H21N3O5S/c1-26-13-14-4-6-15(7-5-14)19-20(22-11-10-21-19)23-29(24,25)16-8-9-17(27-2)18(12-16)28-3/h4-12H,13H2,1-3H3,(H,22,23). The summed E-state index contributed by atoms with van der Waals surface area (Å²) in [5.41, 5.74) is 2.14. The van der Waals surface area contributed by atoms with E-state index in [1.165, 1.54) is 44.8 Å². The maximum Gasteiger partial charge on any atom is 0.263 e. The van der Waals surface area contributed by atoms with Crippen molar-refractivity contribution in [2.24, 2.45) is 0 Å². The van der Waals surface area contributed by atoms with Crippen molar-refractivity contribution in [3.05, 3.63) is 60.4 Å². The molecule has 3 aromatic rings. The number of nitrogens with one attached hydrogen (secondary N) is 1. The highest BCUT2D eigenvalue weighted by Crippen LogP contribution is 2.31. The molecule has 0 unspecified atom stereocenters. The summed E-state index contributed by atoms with van der Waals surface area (Å²) in [5.74, 6) is 0.869. The van der Waals surface area contributed by atoms with Crippen molar-refractivity contribution in [1.82, 2.24) is 9.97 Å². The fourth-order valence-electron chi connectivity index (χ4n) is 2.72. The zero-order valence-electron chi connectivity index (χ0n) is 16.2. The highest BCUT2D eigenvalue weighted by Gasteiger charge is 2.20. The second kappa shape index (κ2) is 8.89. The molecule has 1 heterocycles. The number of benzene rings is 2. The molecule has 0 spiro atoms. The average molecular weight is 415 g/mol. The van der Waals surface area contributed by atoms with Crippen LogP contribution >= 0.6 is 0 Å². The Kier molecular flexibility index (Phi) is 6.30. The van der Waals surface area contributed by atoms with Crippen molar-refractivity contribution >= 4 is 15.8 Å². The second-order valence-electron chi connectivity index (χ2n) is 6.01. The average Bonchev–Trinajstić information content (AvgIpc) is 2.74. The molecule has 0 atom stereocenters. The molecule has 3 rings (SSSR count). The van der Waals surface area contributed by atoms with Gasteiger partial charge < -0.3 is 14.2 Å². The maximum atomic E-state index is 12.9. The Morgan fingerprint density at radius 1 is 0.897 bits per heavy atom. The van der Waals surface area contributed by atoms with Crippen LogP contribution in [0.2, 0.25) is 0 Å². The molecule has 0 amide bonds. The van der Waals surface area contributed by atoms with Gasteiger partial charge in [0.1, 0.15) is 5.69 Å². The molecule has 1 aromatic heterocycles. The quantitative estimate of drug-likeness (QED) is 0.603. The highest BCUT2D eigenvalue weighted by atomic mass is 32.2. The molecule has 1 N–H and O–H groups in total. The first-order valence-electron chi connectivity index (χ1n) is 8.62. The van der Waals surface area contributed by atoms with Gasteiger partial charge in [0.25, 0.3) is 10.0 Å². The van der Waals surface area contributed by atoms with Crippen LogP contribution in [-0.4, -0.2) is 39.7 Å². The van der Waals surface area contributed by atoms with Gasteiger partial charge in [-0.2, -0.15) is 0 Å². The summed E-state index contributed by atoms with van der Waals surface area (Å²) in [6, 6.07) is 11.8. The van der Waals surface area contributed by atoms with Crippen molar-refractivity contribution in [3.8, 4) is 22.8 Å². The number of hydrogen-bond acceptors (Lipinski definition) is 7. The molecule has 0 saturated heterocycles. The van der Waals surface area contributed by atoms with Gasteiger partial charge in [0.05, 0.1) is 25.7 Å². The Hall–Kier alpha value is -3.17. The van der Waals surface area contributed by atoms with Crippen LogP contribution in [0.15, 0.2) is 59.8 Å². The normalized spacial score (nSPS) is 11.1. The monoisotopic (exact) mass is 415 g/mol. The van der Waals surface area contributed by atoms with Crippen molar-refractivity contribution in [3.63, 3.8) is 0 Å². The van der Waals surface area contributed by atoms with Gasteiger partial charge in [-0.3, -0.25) is 9.71 Å². The van der Waals surface area contributed by atoms with Crippen LogP contribution in [0, 0.1) is 0 Å². The fraction of sp³-hybridized carbons (Fsp3) is 0.200. The third kappa shape index (κ3) is 4.64. The van der Waals surface area contributed by atoms with Crippen LogP contribution in [-0.2, 0) is 21.4 Å². The van der Waals surface area contributed by atoms with Crippen LogP contribution in [0.4, 0.5) is 5.82 Å². The number of rotatable bonds is 8. The molecule has 0 aliphatic carbocycles. The van der Waals surface area contributed by atoms with Gasteiger partial charge in [-0.25, -0.2) is 13.4 Å². The largest absolute Gasteiger partial charge is 0.493 e. The summed E-state index contributed by atoms with van der Waals surface area (Å²) in [6.07, 6.45) is 2.93. The number of nitrogens with zero attached hydrogens (tertiary/aromatic N) is 2. The number of sulfonamides is 1. The molecule has 8 nitrogen and oxygen atoms in total. The lowest BCUT2D eigenvalue weighted by molar-refractivity contribution is 0.185. The van der Waals surface area contributed by atoms with Crippen molar-refractivity contribution < 1.29 is 22.6 Å². The maximum absolute atomic E-state index is 12.9. The molecule has 0 aliphatic heterocycles. The minimum atomic E-state index is -3.93. The number of anilines is 1. The van der Waals surface area contributed by atoms with Crippen LogP contribution < -0.4 is 14.2 Å². The summed E-state index contributed by atoms with van der Waals surface area (Å²) in [6.45, 7) is 0.486. The van der Waals surface area contributed by atoms with Gasteiger partial charge in [0.15, 0.2) is 17.3 Å². The highest BCUT2D eigenvalue weighted by molar-refractivity contribution is 7.92. The molecule has 0 radical (unpaired) electrons.